The molecule has 0 heterocycles. The van der Waals surface area contributed by atoms with Crippen molar-refractivity contribution in [1.82, 2.24) is 5.32 Å². The first-order valence-corrected chi connectivity index (χ1v) is 8.47. The minimum atomic E-state index is -0.868. The fourth-order valence-electron chi connectivity index (χ4n) is 1.90. The van der Waals surface area contributed by atoms with Gasteiger partial charge < -0.3 is 21.1 Å². The molecule has 0 spiro atoms. The van der Waals surface area contributed by atoms with Gasteiger partial charge in [0.05, 0.1) is 0 Å². The zero-order valence-electron chi connectivity index (χ0n) is 13.5. The van der Waals surface area contributed by atoms with Gasteiger partial charge in [0.25, 0.3) is 5.91 Å². The molecule has 0 aliphatic rings. The monoisotopic (exact) mass is 399 g/mol. The number of hydrogen-bond donors (Lipinski definition) is 3. The number of urea groups is 1. The average Bonchev–Trinajstić information content (AvgIpc) is 2.50. The molecule has 3 amide bonds. The van der Waals surface area contributed by atoms with Crippen molar-refractivity contribution in [3.05, 3.63) is 28.7 Å². The Morgan fingerprint density at radius 1 is 1.25 bits per heavy atom. The standard InChI is InChI=1S/C16H22BrN3O4/c1-11(15(22)20-13-7-5-6-12(17)10-13)24-14(21)8-3-2-4-9-19-16(18)23/h5-7,10-11H,2-4,8-9H2,1H3,(H,20,22)(H3,18,19,23)/t11-/m0/s1. The zero-order valence-corrected chi connectivity index (χ0v) is 15.1. The lowest BCUT2D eigenvalue weighted by Gasteiger charge is -2.13. The van der Waals surface area contributed by atoms with Gasteiger partial charge in [0, 0.05) is 23.1 Å². The number of anilines is 1. The number of nitrogens with two attached hydrogens (primary N) is 1. The highest BCUT2D eigenvalue weighted by atomic mass is 79.9. The summed E-state index contributed by atoms with van der Waals surface area (Å²) in [6, 6.07) is 6.59. The van der Waals surface area contributed by atoms with Gasteiger partial charge in [-0.05, 0) is 38.0 Å². The van der Waals surface area contributed by atoms with Crippen LogP contribution in [0.3, 0.4) is 0 Å². The van der Waals surface area contributed by atoms with Crippen LogP contribution in [0.15, 0.2) is 28.7 Å². The van der Waals surface area contributed by atoms with Crippen LogP contribution in [-0.2, 0) is 14.3 Å². The first kappa shape index (κ1) is 20.0. The number of carbonyl (C=O) groups excluding carboxylic acids is 3. The molecule has 0 saturated heterocycles. The highest BCUT2D eigenvalue weighted by molar-refractivity contribution is 9.10. The summed E-state index contributed by atoms with van der Waals surface area (Å²) in [5.74, 6) is -0.804. The topological polar surface area (TPSA) is 111 Å². The average molecular weight is 400 g/mol. The summed E-state index contributed by atoms with van der Waals surface area (Å²) in [6.45, 7) is 2.01. The molecule has 0 radical (unpaired) electrons. The zero-order chi connectivity index (χ0) is 17.9. The predicted molar refractivity (Wildman–Crippen MR) is 94.4 cm³/mol. The third-order valence-electron chi connectivity index (χ3n) is 3.13. The van der Waals surface area contributed by atoms with Gasteiger partial charge in [-0.25, -0.2) is 4.79 Å². The number of nitrogens with one attached hydrogen (secondary N) is 2. The van der Waals surface area contributed by atoms with Crippen molar-refractivity contribution in [3.8, 4) is 0 Å². The summed E-state index contributed by atoms with van der Waals surface area (Å²) < 4.78 is 5.95. The number of hydrogen-bond acceptors (Lipinski definition) is 4. The normalized spacial score (nSPS) is 11.4. The number of rotatable bonds is 9. The van der Waals surface area contributed by atoms with Crippen molar-refractivity contribution in [2.24, 2.45) is 5.73 Å². The second-order valence-electron chi connectivity index (χ2n) is 5.23. The Kier molecular flexibility index (Phi) is 8.85. The van der Waals surface area contributed by atoms with Crippen molar-refractivity contribution in [1.29, 1.82) is 0 Å². The summed E-state index contributed by atoms with van der Waals surface area (Å²) in [6.07, 6.45) is 1.47. The molecule has 0 aliphatic carbocycles. The molecule has 0 fully saturated rings. The van der Waals surface area contributed by atoms with Gasteiger partial charge >= 0.3 is 12.0 Å². The van der Waals surface area contributed by atoms with Crippen LogP contribution in [0.2, 0.25) is 0 Å². The second-order valence-corrected chi connectivity index (χ2v) is 6.15. The van der Waals surface area contributed by atoms with Gasteiger partial charge in [-0.2, -0.15) is 0 Å². The molecule has 0 aromatic heterocycles. The SMILES string of the molecule is C[C@H](OC(=O)CCCCCNC(N)=O)C(=O)Nc1cccc(Br)c1. The van der Waals surface area contributed by atoms with Crippen LogP contribution in [0, 0.1) is 0 Å². The summed E-state index contributed by atoms with van der Waals surface area (Å²) in [5, 5.41) is 5.16. The first-order chi connectivity index (χ1) is 11.4. The van der Waals surface area contributed by atoms with E-state index in [-0.39, 0.29) is 12.3 Å². The van der Waals surface area contributed by atoms with Crippen LogP contribution in [0.1, 0.15) is 32.6 Å². The summed E-state index contributed by atoms with van der Waals surface area (Å²) >= 11 is 3.32. The van der Waals surface area contributed by atoms with Crippen LogP contribution < -0.4 is 16.4 Å². The second kappa shape index (κ2) is 10.6. The molecule has 24 heavy (non-hydrogen) atoms. The molecule has 1 rings (SSSR count). The molecular formula is C16H22BrN3O4. The Bertz CT molecular complexity index is 580. The van der Waals surface area contributed by atoms with Gasteiger partial charge in [-0.15, -0.1) is 0 Å². The maximum absolute atomic E-state index is 12.0. The molecule has 0 saturated carbocycles. The van der Waals surface area contributed by atoms with Crippen LogP contribution in [0.5, 0.6) is 0 Å². The van der Waals surface area contributed by atoms with Crippen LogP contribution in [0.25, 0.3) is 0 Å². The lowest BCUT2D eigenvalue weighted by Crippen LogP contribution is -2.30. The minimum Gasteiger partial charge on any atom is -0.453 e. The van der Waals surface area contributed by atoms with Gasteiger partial charge in [0.2, 0.25) is 0 Å². The highest BCUT2D eigenvalue weighted by Crippen LogP contribution is 2.16. The number of esters is 1. The molecule has 1 aromatic carbocycles. The van der Waals surface area contributed by atoms with Gasteiger partial charge in [-0.3, -0.25) is 9.59 Å². The Morgan fingerprint density at radius 3 is 2.67 bits per heavy atom. The number of primary amides is 1. The van der Waals surface area contributed by atoms with Gasteiger partial charge in [0.1, 0.15) is 0 Å². The predicted octanol–water partition coefficient (Wildman–Crippen LogP) is 2.55. The Morgan fingerprint density at radius 2 is 2.00 bits per heavy atom. The number of amides is 3. The van der Waals surface area contributed by atoms with E-state index >= 15 is 0 Å². The smallest absolute Gasteiger partial charge is 0.312 e. The first-order valence-electron chi connectivity index (χ1n) is 7.67. The third kappa shape index (κ3) is 8.52. The van der Waals surface area contributed by atoms with Crippen molar-refractivity contribution in [2.45, 2.75) is 38.7 Å². The Hall–Kier alpha value is -2.09. The molecular weight excluding hydrogens is 378 g/mol. The maximum Gasteiger partial charge on any atom is 0.312 e. The molecule has 1 aromatic rings. The van der Waals surface area contributed by atoms with Crippen LogP contribution in [-0.4, -0.2) is 30.6 Å². The number of halogens is 1. The van der Waals surface area contributed by atoms with Gasteiger partial charge in [-0.1, -0.05) is 28.4 Å². The van der Waals surface area contributed by atoms with E-state index in [2.05, 4.69) is 26.6 Å². The fourth-order valence-corrected chi connectivity index (χ4v) is 2.30. The maximum atomic E-state index is 12.0. The summed E-state index contributed by atoms with van der Waals surface area (Å²) in [5.41, 5.74) is 5.56. The number of benzene rings is 1. The lowest BCUT2D eigenvalue weighted by atomic mass is 10.2. The van der Waals surface area contributed by atoms with Crippen molar-refractivity contribution >= 4 is 39.5 Å². The summed E-state index contributed by atoms with van der Waals surface area (Å²) in [7, 11) is 0. The molecule has 4 N–H and O–H groups in total. The highest BCUT2D eigenvalue weighted by Gasteiger charge is 2.17. The molecule has 0 unspecified atom stereocenters. The van der Waals surface area contributed by atoms with Crippen molar-refractivity contribution in [2.75, 3.05) is 11.9 Å². The van der Waals surface area contributed by atoms with E-state index in [1.165, 1.54) is 6.92 Å². The number of ether oxygens (including phenoxy) is 1. The molecule has 7 nitrogen and oxygen atoms in total. The Balaban J connectivity index is 2.23. The van der Waals surface area contributed by atoms with E-state index in [4.69, 9.17) is 10.5 Å². The summed E-state index contributed by atoms with van der Waals surface area (Å²) in [4.78, 5) is 34.2. The molecule has 132 valence electrons. The van der Waals surface area contributed by atoms with E-state index in [0.29, 0.717) is 18.7 Å². The van der Waals surface area contributed by atoms with Crippen molar-refractivity contribution in [3.63, 3.8) is 0 Å². The lowest BCUT2D eigenvalue weighted by molar-refractivity contribution is -0.153. The third-order valence-corrected chi connectivity index (χ3v) is 3.62. The molecule has 0 bridgehead atoms. The molecule has 8 heteroatoms. The van der Waals surface area contributed by atoms with E-state index in [0.717, 1.165) is 17.3 Å². The largest absolute Gasteiger partial charge is 0.453 e. The quantitative estimate of drug-likeness (QED) is 0.437. The van der Waals surface area contributed by atoms with Crippen molar-refractivity contribution < 1.29 is 19.1 Å². The molecule has 1 atom stereocenters. The van der Waals surface area contributed by atoms with E-state index in [1.54, 1.807) is 18.2 Å². The van der Waals surface area contributed by atoms with Crippen LogP contribution in [0.4, 0.5) is 10.5 Å². The van der Waals surface area contributed by atoms with E-state index < -0.39 is 18.1 Å². The van der Waals surface area contributed by atoms with Gasteiger partial charge in [0.15, 0.2) is 6.10 Å². The number of carbonyl (C=O) groups is 3. The Labute approximate surface area is 149 Å². The minimum absolute atomic E-state index is 0.227. The number of unbranched alkanes of at least 4 members (excludes halogenated alkanes) is 2. The van der Waals surface area contributed by atoms with E-state index in [1.807, 2.05) is 6.07 Å². The fraction of sp³-hybridized carbons (Fsp3) is 0.438. The van der Waals surface area contributed by atoms with E-state index in [9.17, 15) is 14.4 Å². The molecule has 0 aliphatic heterocycles. The van der Waals surface area contributed by atoms with Crippen LogP contribution >= 0.6 is 15.9 Å².